The number of para-hydroxylation sites is 2. The highest BCUT2D eigenvalue weighted by Crippen LogP contribution is 2.47. The molecule has 224 valence electrons. The van der Waals surface area contributed by atoms with Gasteiger partial charge < -0.3 is 4.42 Å². The molecule has 0 aliphatic rings. The molecule has 4 aromatic carbocycles. The first-order chi connectivity index (χ1) is 20.2. The molecule has 0 unspecified atom stereocenters. The summed E-state index contributed by atoms with van der Waals surface area (Å²) >= 11 is 0. The van der Waals surface area contributed by atoms with Crippen molar-refractivity contribution in [1.82, 2.24) is 0 Å². The number of furan rings is 1. The number of hydrogen-bond acceptors (Lipinski definition) is 1. The van der Waals surface area contributed by atoms with Crippen molar-refractivity contribution in [3.05, 3.63) is 94.6 Å². The monoisotopic (exact) mass is 628 g/mol. The molecule has 5 rings (SSSR count). The van der Waals surface area contributed by atoms with Crippen LogP contribution in [0.25, 0.3) is 21.9 Å². The number of halogens is 10. The second-order valence-electron chi connectivity index (χ2n) is 10.5. The Morgan fingerprint density at radius 2 is 0.884 bits per heavy atom. The molecule has 0 N–H and O–H groups in total. The molecule has 13 heteroatoms. The van der Waals surface area contributed by atoms with E-state index in [-0.39, 0.29) is 22.3 Å². The molecule has 0 radical (unpaired) electrons. The maximum Gasteiger partial charge on any atom is 0.261 e. The van der Waals surface area contributed by atoms with Crippen LogP contribution in [0.4, 0.5) is 43.9 Å². The fourth-order valence-electron chi connectivity index (χ4n) is 5.62. The van der Waals surface area contributed by atoms with Gasteiger partial charge in [-0.1, -0.05) is 72.0 Å². The third-order valence-electron chi connectivity index (χ3n) is 7.30. The molecule has 0 aliphatic carbocycles. The predicted molar refractivity (Wildman–Crippen MR) is 148 cm³/mol. The molecule has 0 fully saturated rings. The molecular formula is C30H20BF10OP. The molecule has 0 amide bonds. The third-order valence-corrected chi connectivity index (χ3v) is 10.4. The van der Waals surface area contributed by atoms with Gasteiger partial charge in [0, 0.05) is 27.0 Å². The Morgan fingerprint density at radius 3 is 1.30 bits per heavy atom. The van der Waals surface area contributed by atoms with Crippen molar-refractivity contribution < 1.29 is 48.3 Å². The molecule has 0 spiro atoms. The molecule has 0 saturated heterocycles. The van der Waals surface area contributed by atoms with Gasteiger partial charge in [-0.15, -0.1) is 0 Å². The summed E-state index contributed by atoms with van der Waals surface area (Å²) in [5, 5.41) is 1.44. The van der Waals surface area contributed by atoms with Crippen LogP contribution in [0.15, 0.2) is 40.8 Å². The minimum absolute atomic E-state index is 0.155. The van der Waals surface area contributed by atoms with Gasteiger partial charge in [0.15, 0.2) is 58.2 Å². The molecule has 0 bridgehead atoms. The summed E-state index contributed by atoms with van der Waals surface area (Å²) in [4.78, 5) is 0. The lowest BCUT2D eigenvalue weighted by molar-refractivity contribution is 0.382. The molecule has 43 heavy (non-hydrogen) atoms. The summed E-state index contributed by atoms with van der Waals surface area (Å²) in [6.07, 6.45) is 0. The summed E-state index contributed by atoms with van der Waals surface area (Å²) in [6, 6.07) is 8.90. The fraction of sp³-hybridized carbons (Fsp3) is 0.200. The van der Waals surface area contributed by atoms with Gasteiger partial charge >= 0.3 is 0 Å². The van der Waals surface area contributed by atoms with E-state index in [1.54, 1.807) is 12.1 Å². The molecule has 1 aromatic heterocycles. The van der Waals surface area contributed by atoms with Gasteiger partial charge in [0.05, 0.1) is 0 Å². The summed E-state index contributed by atoms with van der Waals surface area (Å²) in [5.74, 6) is -25.1. The van der Waals surface area contributed by atoms with Crippen molar-refractivity contribution in [2.45, 2.75) is 39.0 Å². The zero-order chi connectivity index (χ0) is 31.7. The van der Waals surface area contributed by atoms with E-state index in [1.165, 1.54) is 12.1 Å². The van der Waals surface area contributed by atoms with Crippen LogP contribution in [-0.4, -0.2) is 18.0 Å². The normalized spacial score (nSPS) is 12.1. The Kier molecular flexibility index (Phi) is 8.05. The first kappa shape index (κ1) is 30.9. The maximum absolute atomic E-state index is 15.3. The smallest absolute Gasteiger partial charge is 0.261 e. The lowest BCUT2D eigenvalue weighted by Crippen LogP contribution is -2.58. The standard InChI is InChI=1S/C30H20BF10OP/c1-11(2)43(12(3)4)16-10-6-8-14-13-7-5-9-15(29(13)42-30(14)16)31(17-19(32)23(36)27(40)24(37)20(17)33)18-21(34)25(38)28(41)26(39)22(18)35/h5-12H,1-4H3. The van der Waals surface area contributed by atoms with Gasteiger partial charge in [0.25, 0.3) is 6.71 Å². The molecule has 0 saturated carbocycles. The Bertz CT molecular complexity index is 1780. The first-order valence-corrected chi connectivity index (χ1v) is 14.4. The van der Waals surface area contributed by atoms with E-state index >= 15 is 17.6 Å². The van der Waals surface area contributed by atoms with Crippen molar-refractivity contribution in [3.63, 3.8) is 0 Å². The van der Waals surface area contributed by atoms with Crippen molar-refractivity contribution in [3.8, 4) is 0 Å². The molecule has 1 heterocycles. The molecule has 1 nitrogen and oxygen atoms in total. The Balaban J connectivity index is 1.97. The van der Waals surface area contributed by atoms with Gasteiger partial charge in [-0.2, -0.15) is 0 Å². The van der Waals surface area contributed by atoms with Gasteiger partial charge in [-0.3, -0.25) is 0 Å². The highest BCUT2D eigenvalue weighted by molar-refractivity contribution is 7.67. The van der Waals surface area contributed by atoms with E-state index in [2.05, 4.69) is 0 Å². The zero-order valence-electron chi connectivity index (χ0n) is 22.8. The quantitative estimate of drug-likeness (QED) is 0.0628. The van der Waals surface area contributed by atoms with Crippen LogP contribution in [0.1, 0.15) is 27.7 Å². The van der Waals surface area contributed by atoms with Crippen LogP contribution in [0.3, 0.4) is 0 Å². The maximum atomic E-state index is 15.3. The third kappa shape index (κ3) is 4.69. The van der Waals surface area contributed by atoms with Crippen LogP contribution in [0.5, 0.6) is 0 Å². The van der Waals surface area contributed by atoms with Gasteiger partial charge in [0.2, 0.25) is 0 Å². The summed E-state index contributed by atoms with van der Waals surface area (Å²) in [6.45, 7) is 5.28. The van der Waals surface area contributed by atoms with Crippen LogP contribution in [-0.2, 0) is 0 Å². The van der Waals surface area contributed by atoms with Crippen LogP contribution in [0, 0.1) is 58.2 Å². The first-order valence-electron chi connectivity index (χ1n) is 13.0. The molecular weight excluding hydrogens is 608 g/mol. The van der Waals surface area contributed by atoms with Gasteiger partial charge in [-0.05, 0) is 16.8 Å². The van der Waals surface area contributed by atoms with Crippen molar-refractivity contribution >= 4 is 58.3 Å². The average Bonchev–Trinajstić information content (AvgIpc) is 3.36. The second kappa shape index (κ2) is 11.2. The largest absolute Gasteiger partial charge is 0.456 e. The SMILES string of the molecule is CC(C)P(c1cccc2c1oc1c(B(c3c(F)c(F)c(F)c(F)c3F)c3c(F)c(F)c(F)c(F)c3F)cccc12)C(C)C. The van der Waals surface area contributed by atoms with Crippen molar-refractivity contribution in [2.75, 3.05) is 0 Å². The number of hydrogen-bond donors (Lipinski definition) is 0. The second-order valence-corrected chi connectivity index (χ2v) is 13.8. The van der Waals surface area contributed by atoms with Crippen LogP contribution >= 0.6 is 7.92 Å². The Morgan fingerprint density at radius 1 is 0.512 bits per heavy atom. The van der Waals surface area contributed by atoms with E-state index < -0.39 is 89.2 Å². The topological polar surface area (TPSA) is 13.1 Å². The lowest BCUT2D eigenvalue weighted by Gasteiger charge is -2.26. The number of rotatable bonds is 6. The minimum atomic E-state index is -2.72. The van der Waals surface area contributed by atoms with E-state index in [0.29, 0.717) is 11.0 Å². The summed E-state index contributed by atoms with van der Waals surface area (Å²) in [7, 11) is -0.884. The minimum Gasteiger partial charge on any atom is -0.456 e. The number of fused-ring (bicyclic) bond motifs is 3. The van der Waals surface area contributed by atoms with Gasteiger partial charge in [0.1, 0.15) is 11.2 Å². The summed E-state index contributed by atoms with van der Waals surface area (Å²) in [5.41, 5.74) is -3.92. The average molecular weight is 628 g/mol. The van der Waals surface area contributed by atoms with Gasteiger partial charge in [-0.25, -0.2) is 43.9 Å². The molecule has 0 atom stereocenters. The summed E-state index contributed by atoms with van der Waals surface area (Å²) < 4.78 is 153. The Hall–Kier alpha value is -3.53. The lowest BCUT2D eigenvalue weighted by atomic mass is 9.36. The number of benzene rings is 4. The van der Waals surface area contributed by atoms with E-state index in [4.69, 9.17) is 4.42 Å². The van der Waals surface area contributed by atoms with Crippen LogP contribution in [0.2, 0.25) is 0 Å². The Labute approximate surface area is 240 Å². The van der Waals surface area contributed by atoms with Crippen molar-refractivity contribution in [2.24, 2.45) is 0 Å². The van der Waals surface area contributed by atoms with E-state index in [0.717, 1.165) is 11.4 Å². The van der Waals surface area contributed by atoms with Crippen molar-refractivity contribution in [1.29, 1.82) is 0 Å². The van der Waals surface area contributed by atoms with E-state index in [1.807, 2.05) is 33.8 Å². The highest BCUT2D eigenvalue weighted by Gasteiger charge is 2.42. The van der Waals surface area contributed by atoms with E-state index in [9.17, 15) is 26.3 Å². The highest BCUT2D eigenvalue weighted by atomic mass is 31.1. The zero-order valence-corrected chi connectivity index (χ0v) is 23.7. The molecule has 0 aliphatic heterocycles. The van der Waals surface area contributed by atoms with Crippen LogP contribution < -0.4 is 21.7 Å². The fourth-order valence-corrected chi connectivity index (χ4v) is 8.58. The molecule has 5 aromatic rings. The predicted octanol–water partition coefficient (Wildman–Crippen LogP) is 7.42.